The van der Waals surface area contributed by atoms with E-state index < -0.39 is 6.16 Å². The van der Waals surface area contributed by atoms with Gasteiger partial charge in [-0.05, 0) is 31.4 Å². The van der Waals surface area contributed by atoms with Crippen molar-refractivity contribution in [2.45, 2.75) is 25.4 Å². The van der Waals surface area contributed by atoms with Crippen molar-refractivity contribution < 1.29 is 19.1 Å². The largest absolute Gasteiger partial charge is 0.514 e. The number of carbonyl (C=O) groups excluding carboxylic acids is 2. The van der Waals surface area contributed by atoms with Gasteiger partial charge in [0.1, 0.15) is 11.9 Å². The Labute approximate surface area is 93.2 Å². The summed E-state index contributed by atoms with van der Waals surface area (Å²) < 4.78 is 9.96. The third kappa shape index (κ3) is 2.39. The standard InChI is InChI=1S/C12H12O4/c13-8-9-4-1-2-7-11(9)16-12(14)15-10-5-3-6-10/h1-2,4,7-8,10H,3,5-6H2. The van der Waals surface area contributed by atoms with Gasteiger partial charge in [0.2, 0.25) is 0 Å². The maximum absolute atomic E-state index is 11.3. The number of rotatable bonds is 3. The molecular weight excluding hydrogens is 208 g/mol. The molecule has 84 valence electrons. The average Bonchev–Trinajstić information content (AvgIpc) is 2.24. The van der Waals surface area contributed by atoms with Gasteiger partial charge in [0, 0.05) is 0 Å². The molecular formula is C12H12O4. The summed E-state index contributed by atoms with van der Waals surface area (Å²) in [7, 11) is 0. The molecule has 0 bridgehead atoms. The van der Waals surface area contributed by atoms with Gasteiger partial charge in [-0.1, -0.05) is 12.1 Å². The molecule has 0 unspecified atom stereocenters. The third-order valence-corrected chi connectivity index (χ3v) is 2.55. The number of benzene rings is 1. The number of aldehydes is 1. The minimum absolute atomic E-state index is 0.0177. The van der Waals surface area contributed by atoms with Crippen molar-refractivity contribution in [2.24, 2.45) is 0 Å². The molecule has 0 aromatic heterocycles. The first kappa shape index (κ1) is 10.7. The predicted octanol–water partition coefficient (Wildman–Crippen LogP) is 2.57. The highest BCUT2D eigenvalue weighted by Gasteiger charge is 2.23. The van der Waals surface area contributed by atoms with Crippen LogP contribution in [0.2, 0.25) is 0 Å². The number of para-hydroxylation sites is 1. The van der Waals surface area contributed by atoms with Crippen LogP contribution in [-0.2, 0) is 4.74 Å². The van der Waals surface area contributed by atoms with Crippen molar-refractivity contribution in [3.05, 3.63) is 29.8 Å². The highest BCUT2D eigenvalue weighted by molar-refractivity contribution is 5.81. The van der Waals surface area contributed by atoms with Crippen molar-refractivity contribution in [2.75, 3.05) is 0 Å². The van der Waals surface area contributed by atoms with E-state index in [1.165, 1.54) is 0 Å². The first-order valence-corrected chi connectivity index (χ1v) is 5.22. The van der Waals surface area contributed by atoms with Crippen LogP contribution in [0.4, 0.5) is 4.79 Å². The molecule has 0 atom stereocenters. The summed E-state index contributed by atoms with van der Waals surface area (Å²) in [6.45, 7) is 0. The number of ether oxygens (including phenoxy) is 2. The maximum Gasteiger partial charge on any atom is 0.514 e. The van der Waals surface area contributed by atoms with Crippen molar-refractivity contribution in [1.82, 2.24) is 0 Å². The SMILES string of the molecule is O=Cc1ccccc1OC(=O)OC1CCC1. The Morgan fingerprint density at radius 2 is 2.06 bits per heavy atom. The Hall–Kier alpha value is -1.84. The molecule has 1 aliphatic carbocycles. The molecule has 4 heteroatoms. The fourth-order valence-electron chi connectivity index (χ4n) is 1.41. The fraction of sp³-hybridized carbons (Fsp3) is 0.333. The molecule has 0 aliphatic heterocycles. The van der Waals surface area contributed by atoms with E-state index in [0.29, 0.717) is 11.8 Å². The molecule has 0 N–H and O–H groups in total. The van der Waals surface area contributed by atoms with Crippen LogP contribution < -0.4 is 4.74 Å². The Morgan fingerprint density at radius 1 is 1.31 bits per heavy atom. The molecule has 1 aromatic rings. The summed E-state index contributed by atoms with van der Waals surface area (Å²) in [4.78, 5) is 22.0. The van der Waals surface area contributed by atoms with Crippen LogP contribution in [0, 0.1) is 0 Å². The van der Waals surface area contributed by atoms with Crippen molar-refractivity contribution in [3.8, 4) is 5.75 Å². The van der Waals surface area contributed by atoms with E-state index in [0.717, 1.165) is 19.3 Å². The second kappa shape index (κ2) is 4.79. The topological polar surface area (TPSA) is 52.6 Å². The van der Waals surface area contributed by atoms with E-state index in [-0.39, 0.29) is 11.9 Å². The summed E-state index contributed by atoms with van der Waals surface area (Å²) in [5.41, 5.74) is 0.341. The Morgan fingerprint density at radius 3 is 2.69 bits per heavy atom. The first-order valence-electron chi connectivity index (χ1n) is 5.22. The lowest BCUT2D eigenvalue weighted by Crippen LogP contribution is -2.26. The zero-order valence-electron chi connectivity index (χ0n) is 8.72. The molecule has 2 rings (SSSR count). The molecule has 0 amide bonds. The summed E-state index contributed by atoms with van der Waals surface area (Å²) in [6.07, 6.45) is 2.76. The van der Waals surface area contributed by atoms with Crippen LogP contribution in [0.1, 0.15) is 29.6 Å². The zero-order valence-corrected chi connectivity index (χ0v) is 8.72. The van der Waals surface area contributed by atoms with E-state index >= 15 is 0 Å². The van der Waals surface area contributed by atoms with Gasteiger partial charge in [-0.2, -0.15) is 0 Å². The van der Waals surface area contributed by atoms with Crippen LogP contribution in [0.15, 0.2) is 24.3 Å². The van der Waals surface area contributed by atoms with Crippen LogP contribution >= 0.6 is 0 Å². The average molecular weight is 220 g/mol. The normalized spacial score (nSPS) is 15.0. The van der Waals surface area contributed by atoms with Gasteiger partial charge < -0.3 is 9.47 Å². The fourth-order valence-corrected chi connectivity index (χ4v) is 1.41. The van der Waals surface area contributed by atoms with Crippen LogP contribution in [0.25, 0.3) is 0 Å². The summed E-state index contributed by atoms with van der Waals surface area (Å²) in [5.74, 6) is 0.238. The van der Waals surface area contributed by atoms with Crippen LogP contribution in [0.5, 0.6) is 5.75 Å². The number of hydrogen-bond donors (Lipinski definition) is 0. The molecule has 1 fully saturated rings. The van der Waals surface area contributed by atoms with Gasteiger partial charge in [-0.3, -0.25) is 4.79 Å². The van der Waals surface area contributed by atoms with Gasteiger partial charge in [-0.15, -0.1) is 0 Å². The lowest BCUT2D eigenvalue weighted by atomic mass is 9.96. The highest BCUT2D eigenvalue weighted by Crippen LogP contribution is 2.23. The van der Waals surface area contributed by atoms with Crippen molar-refractivity contribution >= 4 is 12.4 Å². The predicted molar refractivity (Wildman–Crippen MR) is 56.6 cm³/mol. The summed E-state index contributed by atoms with van der Waals surface area (Å²) in [6, 6.07) is 6.54. The second-order valence-electron chi connectivity index (χ2n) is 3.68. The number of carbonyl (C=O) groups is 2. The Bertz CT molecular complexity index is 396. The zero-order chi connectivity index (χ0) is 11.4. The molecule has 1 aromatic carbocycles. The highest BCUT2D eigenvalue weighted by atomic mass is 16.7. The van der Waals surface area contributed by atoms with Gasteiger partial charge >= 0.3 is 6.16 Å². The Balaban J connectivity index is 1.96. The van der Waals surface area contributed by atoms with E-state index in [4.69, 9.17) is 9.47 Å². The molecule has 1 aliphatic rings. The molecule has 0 heterocycles. The molecule has 0 saturated heterocycles. The van der Waals surface area contributed by atoms with E-state index in [9.17, 15) is 9.59 Å². The quantitative estimate of drug-likeness (QED) is 0.446. The molecule has 16 heavy (non-hydrogen) atoms. The van der Waals surface area contributed by atoms with Crippen LogP contribution in [0.3, 0.4) is 0 Å². The van der Waals surface area contributed by atoms with Gasteiger partial charge in [0.25, 0.3) is 0 Å². The van der Waals surface area contributed by atoms with Gasteiger partial charge in [0.05, 0.1) is 5.56 Å². The second-order valence-corrected chi connectivity index (χ2v) is 3.68. The third-order valence-electron chi connectivity index (χ3n) is 2.55. The Kier molecular flexibility index (Phi) is 3.19. The smallest absolute Gasteiger partial charge is 0.431 e. The van der Waals surface area contributed by atoms with E-state index in [1.54, 1.807) is 24.3 Å². The number of hydrogen-bond acceptors (Lipinski definition) is 4. The van der Waals surface area contributed by atoms with E-state index in [1.807, 2.05) is 0 Å². The minimum Gasteiger partial charge on any atom is -0.431 e. The van der Waals surface area contributed by atoms with Crippen molar-refractivity contribution in [1.29, 1.82) is 0 Å². The van der Waals surface area contributed by atoms with E-state index in [2.05, 4.69) is 0 Å². The summed E-state index contributed by atoms with van der Waals surface area (Å²) in [5, 5.41) is 0. The first-order chi connectivity index (χ1) is 7.79. The lowest BCUT2D eigenvalue weighted by Gasteiger charge is -2.24. The van der Waals surface area contributed by atoms with Crippen molar-refractivity contribution in [3.63, 3.8) is 0 Å². The summed E-state index contributed by atoms with van der Waals surface area (Å²) >= 11 is 0. The molecule has 4 nitrogen and oxygen atoms in total. The van der Waals surface area contributed by atoms with Gasteiger partial charge in [0.15, 0.2) is 6.29 Å². The van der Waals surface area contributed by atoms with Gasteiger partial charge in [-0.25, -0.2) is 4.79 Å². The molecule has 1 saturated carbocycles. The molecule has 0 spiro atoms. The monoisotopic (exact) mass is 220 g/mol. The lowest BCUT2D eigenvalue weighted by molar-refractivity contribution is 0.0227. The minimum atomic E-state index is -0.737. The molecule has 0 radical (unpaired) electrons. The van der Waals surface area contributed by atoms with Crippen LogP contribution in [-0.4, -0.2) is 18.5 Å². The maximum atomic E-state index is 11.3.